The highest BCUT2D eigenvalue weighted by atomic mass is 16.7. The van der Waals surface area contributed by atoms with Crippen LogP contribution in [0.15, 0.2) is 18.2 Å². The number of nitrogen functional groups attached to an aromatic ring is 1. The van der Waals surface area contributed by atoms with Crippen molar-refractivity contribution in [3.8, 4) is 11.6 Å². The van der Waals surface area contributed by atoms with Gasteiger partial charge in [-0.2, -0.15) is 0 Å². The number of nitrogens with one attached hydrogen (secondary N) is 1. The van der Waals surface area contributed by atoms with Gasteiger partial charge in [-0.15, -0.1) is 0 Å². The second-order valence-electron chi connectivity index (χ2n) is 2.99. The molecule has 0 aliphatic carbocycles. The summed E-state index contributed by atoms with van der Waals surface area (Å²) < 4.78 is 10.6. The largest absolute Gasteiger partial charge is 0.455 e. The molecular weight excluding hydrogens is 168 g/mol. The van der Waals surface area contributed by atoms with E-state index < -0.39 is 0 Å². The molecule has 0 spiro atoms. The Morgan fingerprint density at radius 2 is 2.23 bits per heavy atom. The van der Waals surface area contributed by atoms with Crippen LogP contribution in [0.5, 0.6) is 11.6 Å². The number of hydrogen-bond donors (Lipinski definition) is 2. The van der Waals surface area contributed by atoms with Crippen LogP contribution >= 0.6 is 0 Å². The molecule has 13 heavy (non-hydrogen) atoms. The van der Waals surface area contributed by atoms with Crippen molar-refractivity contribution in [1.82, 2.24) is 4.98 Å². The standard InChI is InChI=1S/C9H8N2O2/c10-6-1-2-7-5-3-8(11-7)12-4-13-9(5)6/h1-3,11H,4,10H2. The lowest BCUT2D eigenvalue weighted by Gasteiger charge is -2.09. The Morgan fingerprint density at radius 3 is 3.15 bits per heavy atom. The van der Waals surface area contributed by atoms with Gasteiger partial charge in [0.2, 0.25) is 6.79 Å². The average Bonchev–Trinajstić information content (AvgIpc) is 2.38. The molecule has 3 N–H and O–H groups in total. The van der Waals surface area contributed by atoms with Crippen LogP contribution in [0.25, 0.3) is 10.9 Å². The van der Waals surface area contributed by atoms with Crippen LogP contribution < -0.4 is 15.2 Å². The average molecular weight is 176 g/mol. The van der Waals surface area contributed by atoms with Crippen molar-refractivity contribution in [2.45, 2.75) is 0 Å². The van der Waals surface area contributed by atoms with E-state index in [0.717, 1.165) is 16.8 Å². The Kier molecular flexibility index (Phi) is 1.07. The topological polar surface area (TPSA) is 60.3 Å². The number of aromatic nitrogens is 1. The first kappa shape index (κ1) is 6.65. The molecule has 3 rings (SSSR count). The number of ether oxygens (including phenoxy) is 2. The minimum absolute atomic E-state index is 0.208. The fraction of sp³-hybridized carbons (Fsp3) is 0.111. The number of anilines is 1. The van der Waals surface area contributed by atoms with Gasteiger partial charge in [0, 0.05) is 11.5 Å². The molecule has 0 atom stereocenters. The van der Waals surface area contributed by atoms with Crippen LogP contribution in [0.3, 0.4) is 0 Å². The molecule has 66 valence electrons. The van der Waals surface area contributed by atoms with Crippen molar-refractivity contribution in [1.29, 1.82) is 0 Å². The number of hydrogen-bond acceptors (Lipinski definition) is 3. The predicted molar refractivity (Wildman–Crippen MR) is 48.8 cm³/mol. The summed E-state index contributed by atoms with van der Waals surface area (Å²) in [5, 5.41) is 0.979. The summed E-state index contributed by atoms with van der Waals surface area (Å²) in [7, 11) is 0. The number of rotatable bonds is 0. The molecule has 1 aliphatic heterocycles. The van der Waals surface area contributed by atoms with E-state index in [2.05, 4.69) is 4.98 Å². The Balaban J connectivity index is 2.46. The second kappa shape index (κ2) is 2.10. The molecule has 0 radical (unpaired) electrons. The van der Waals surface area contributed by atoms with Crippen molar-refractivity contribution in [3.63, 3.8) is 0 Å². The van der Waals surface area contributed by atoms with Crippen molar-refractivity contribution in [2.24, 2.45) is 0 Å². The SMILES string of the molecule is Nc1ccc2[nH]c3cc2c1OCO3. The Hall–Kier alpha value is -1.84. The maximum Gasteiger partial charge on any atom is 0.232 e. The lowest BCUT2D eigenvalue weighted by Crippen LogP contribution is -2.07. The van der Waals surface area contributed by atoms with E-state index in [4.69, 9.17) is 15.2 Å². The smallest absolute Gasteiger partial charge is 0.232 e. The zero-order chi connectivity index (χ0) is 8.84. The van der Waals surface area contributed by atoms with Crippen LogP contribution in [0.4, 0.5) is 5.69 Å². The molecule has 1 aromatic carbocycles. The number of H-pyrrole nitrogens is 1. The van der Waals surface area contributed by atoms with E-state index >= 15 is 0 Å². The molecule has 1 aromatic heterocycles. The van der Waals surface area contributed by atoms with Gasteiger partial charge in [-0.05, 0) is 12.1 Å². The van der Waals surface area contributed by atoms with Gasteiger partial charge in [0.15, 0.2) is 11.6 Å². The minimum Gasteiger partial charge on any atom is -0.455 e. The Bertz CT molecular complexity index is 476. The van der Waals surface area contributed by atoms with E-state index in [1.807, 2.05) is 18.2 Å². The number of nitrogens with two attached hydrogens (primary N) is 1. The summed E-state index contributed by atoms with van der Waals surface area (Å²) >= 11 is 0. The maximum atomic E-state index is 5.76. The summed E-state index contributed by atoms with van der Waals surface area (Å²) in [4.78, 5) is 3.11. The molecule has 2 bridgehead atoms. The summed E-state index contributed by atoms with van der Waals surface area (Å²) in [5.74, 6) is 1.43. The van der Waals surface area contributed by atoms with Gasteiger partial charge in [-0.1, -0.05) is 0 Å². The van der Waals surface area contributed by atoms with Gasteiger partial charge >= 0.3 is 0 Å². The second-order valence-corrected chi connectivity index (χ2v) is 2.99. The van der Waals surface area contributed by atoms with Crippen LogP contribution in [0.2, 0.25) is 0 Å². The van der Waals surface area contributed by atoms with Crippen molar-refractivity contribution in [3.05, 3.63) is 18.2 Å². The van der Waals surface area contributed by atoms with Gasteiger partial charge < -0.3 is 20.2 Å². The van der Waals surface area contributed by atoms with Gasteiger partial charge in [0.05, 0.1) is 11.2 Å². The monoisotopic (exact) mass is 176 g/mol. The molecule has 0 saturated heterocycles. The molecule has 2 aromatic rings. The lowest BCUT2D eigenvalue weighted by molar-refractivity contribution is 0.120. The van der Waals surface area contributed by atoms with Gasteiger partial charge in [0.25, 0.3) is 0 Å². The lowest BCUT2D eigenvalue weighted by atomic mass is 10.2. The van der Waals surface area contributed by atoms with Gasteiger partial charge in [-0.3, -0.25) is 0 Å². The molecule has 0 unspecified atom stereocenters. The van der Waals surface area contributed by atoms with E-state index in [1.165, 1.54) is 0 Å². The zero-order valence-corrected chi connectivity index (χ0v) is 6.83. The zero-order valence-electron chi connectivity index (χ0n) is 6.83. The van der Waals surface area contributed by atoms with E-state index in [-0.39, 0.29) is 6.79 Å². The fourth-order valence-electron chi connectivity index (χ4n) is 1.56. The maximum absolute atomic E-state index is 5.76. The van der Waals surface area contributed by atoms with Crippen LogP contribution in [0.1, 0.15) is 0 Å². The van der Waals surface area contributed by atoms with E-state index in [0.29, 0.717) is 11.4 Å². The van der Waals surface area contributed by atoms with E-state index in [1.54, 1.807) is 0 Å². The first-order valence-electron chi connectivity index (χ1n) is 4.01. The third-order valence-corrected chi connectivity index (χ3v) is 2.18. The van der Waals surface area contributed by atoms with Crippen LogP contribution in [-0.4, -0.2) is 11.8 Å². The molecule has 0 saturated carbocycles. The first-order chi connectivity index (χ1) is 6.34. The Morgan fingerprint density at radius 1 is 1.31 bits per heavy atom. The normalized spacial score (nSPS) is 13.8. The molecular formula is C9H8N2O2. The number of fused-ring (bicyclic) bond motifs is 1. The molecule has 0 amide bonds. The highest BCUT2D eigenvalue weighted by Crippen LogP contribution is 2.36. The van der Waals surface area contributed by atoms with Gasteiger partial charge in [-0.25, -0.2) is 0 Å². The fourth-order valence-corrected chi connectivity index (χ4v) is 1.56. The quantitative estimate of drug-likeness (QED) is 0.597. The summed E-state index contributed by atoms with van der Waals surface area (Å²) in [5.41, 5.74) is 7.39. The Labute approximate surface area is 74.2 Å². The molecule has 4 nitrogen and oxygen atoms in total. The number of benzene rings is 1. The highest BCUT2D eigenvalue weighted by molar-refractivity contribution is 5.92. The third-order valence-electron chi connectivity index (χ3n) is 2.18. The summed E-state index contributed by atoms with van der Waals surface area (Å²) in [6.07, 6.45) is 0. The van der Waals surface area contributed by atoms with Crippen molar-refractivity contribution < 1.29 is 9.47 Å². The summed E-state index contributed by atoms with van der Waals surface area (Å²) in [6.45, 7) is 0.208. The van der Waals surface area contributed by atoms with Crippen molar-refractivity contribution >= 4 is 16.6 Å². The molecule has 1 aliphatic rings. The van der Waals surface area contributed by atoms with E-state index in [9.17, 15) is 0 Å². The molecule has 0 fully saturated rings. The number of aromatic amines is 1. The first-order valence-corrected chi connectivity index (χ1v) is 4.01. The highest BCUT2D eigenvalue weighted by Gasteiger charge is 2.14. The minimum atomic E-state index is 0.208. The molecule has 4 heteroatoms. The van der Waals surface area contributed by atoms with Crippen LogP contribution in [-0.2, 0) is 0 Å². The van der Waals surface area contributed by atoms with Crippen LogP contribution in [0, 0.1) is 0 Å². The predicted octanol–water partition coefficient (Wildman–Crippen LogP) is 1.48. The molecule has 2 heterocycles. The third kappa shape index (κ3) is 0.796. The van der Waals surface area contributed by atoms with Gasteiger partial charge in [0.1, 0.15) is 0 Å². The van der Waals surface area contributed by atoms with Crippen molar-refractivity contribution in [2.75, 3.05) is 12.5 Å². The summed E-state index contributed by atoms with van der Waals surface area (Å²) in [6, 6.07) is 5.63.